The minimum Gasteiger partial charge on any atom is -0.497 e. The molecule has 3 rings (SSSR count). The average molecular weight is 368 g/mol. The van der Waals surface area contributed by atoms with Crippen molar-refractivity contribution in [2.75, 3.05) is 12.4 Å². The summed E-state index contributed by atoms with van der Waals surface area (Å²) >= 11 is 1.39. The highest BCUT2D eigenvalue weighted by molar-refractivity contribution is 7.14. The van der Waals surface area contributed by atoms with E-state index in [-0.39, 0.29) is 5.91 Å². The van der Waals surface area contributed by atoms with E-state index in [0.29, 0.717) is 17.3 Å². The molecule has 1 N–H and O–H groups in total. The maximum absolute atomic E-state index is 12.5. The quantitative estimate of drug-likeness (QED) is 0.661. The summed E-state index contributed by atoms with van der Waals surface area (Å²) in [5.41, 5.74) is 1.78. The lowest BCUT2D eigenvalue weighted by molar-refractivity contribution is -0.122. The number of rotatable bonds is 7. The zero-order valence-corrected chi connectivity index (χ0v) is 15.5. The second-order valence-electron chi connectivity index (χ2n) is 5.58. The molecule has 134 valence electrons. The molecule has 2 aromatic carbocycles. The van der Waals surface area contributed by atoms with Crippen LogP contribution < -0.4 is 14.8 Å². The summed E-state index contributed by atoms with van der Waals surface area (Å²) in [5, 5.41) is 5.31. The number of carbonyl (C=O) groups excluding carboxylic acids is 1. The lowest BCUT2D eigenvalue weighted by Crippen LogP contribution is -2.32. The van der Waals surface area contributed by atoms with E-state index in [1.54, 1.807) is 7.11 Å². The van der Waals surface area contributed by atoms with E-state index in [9.17, 15) is 4.79 Å². The first-order valence-electron chi connectivity index (χ1n) is 8.32. The number of anilines is 1. The number of nitrogens with one attached hydrogen (secondary N) is 1. The van der Waals surface area contributed by atoms with Gasteiger partial charge in [-0.2, -0.15) is 0 Å². The van der Waals surface area contributed by atoms with Crippen molar-refractivity contribution in [1.29, 1.82) is 0 Å². The lowest BCUT2D eigenvalue weighted by Gasteiger charge is -2.16. The minimum atomic E-state index is -0.564. The Balaban J connectivity index is 1.66. The van der Waals surface area contributed by atoms with Crippen molar-refractivity contribution in [2.45, 2.75) is 19.4 Å². The zero-order chi connectivity index (χ0) is 18.4. The SMILES string of the molecule is CC[C@@H](Oc1ccccc1)C(=O)Nc1nc(-c2ccc(OC)cc2)cs1. The number of amides is 1. The molecule has 26 heavy (non-hydrogen) atoms. The van der Waals surface area contributed by atoms with E-state index >= 15 is 0 Å². The van der Waals surface area contributed by atoms with Crippen molar-refractivity contribution in [2.24, 2.45) is 0 Å². The molecule has 0 aliphatic heterocycles. The van der Waals surface area contributed by atoms with Crippen LogP contribution in [0.15, 0.2) is 60.0 Å². The smallest absolute Gasteiger partial charge is 0.267 e. The third-order valence-electron chi connectivity index (χ3n) is 3.80. The molecule has 0 radical (unpaired) electrons. The second kappa shape index (κ2) is 8.49. The maximum Gasteiger partial charge on any atom is 0.267 e. The number of para-hydroxylation sites is 1. The molecule has 1 heterocycles. The molecular formula is C20H20N2O3S. The summed E-state index contributed by atoms with van der Waals surface area (Å²) in [6.45, 7) is 1.91. The normalized spacial score (nSPS) is 11.6. The van der Waals surface area contributed by atoms with Gasteiger partial charge in [-0.05, 0) is 42.8 Å². The number of ether oxygens (including phenoxy) is 2. The Kier molecular flexibility index (Phi) is 5.86. The van der Waals surface area contributed by atoms with E-state index in [0.717, 1.165) is 17.0 Å². The van der Waals surface area contributed by atoms with E-state index in [4.69, 9.17) is 9.47 Å². The van der Waals surface area contributed by atoms with Crippen LogP contribution in [0.2, 0.25) is 0 Å². The summed E-state index contributed by atoms with van der Waals surface area (Å²) in [7, 11) is 1.63. The van der Waals surface area contributed by atoms with Gasteiger partial charge < -0.3 is 9.47 Å². The molecule has 5 nitrogen and oxygen atoms in total. The topological polar surface area (TPSA) is 60.5 Å². The average Bonchev–Trinajstić information content (AvgIpc) is 3.15. The van der Waals surface area contributed by atoms with E-state index in [2.05, 4.69) is 10.3 Å². The predicted molar refractivity (Wildman–Crippen MR) is 104 cm³/mol. The molecule has 1 atom stereocenters. The monoisotopic (exact) mass is 368 g/mol. The molecule has 0 unspecified atom stereocenters. The Morgan fingerprint density at radius 2 is 1.85 bits per heavy atom. The third-order valence-corrected chi connectivity index (χ3v) is 4.56. The van der Waals surface area contributed by atoms with Crippen molar-refractivity contribution in [3.8, 4) is 22.8 Å². The van der Waals surface area contributed by atoms with Crippen molar-refractivity contribution in [3.05, 3.63) is 60.0 Å². The van der Waals surface area contributed by atoms with Crippen molar-refractivity contribution in [3.63, 3.8) is 0 Å². The first-order chi connectivity index (χ1) is 12.7. The fraction of sp³-hybridized carbons (Fsp3) is 0.200. The molecule has 0 aliphatic carbocycles. The van der Waals surface area contributed by atoms with Crippen LogP contribution in [0.3, 0.4) is 0 Å². The molecule has 1 amide bonds. The summed E-state index contributed by atoms with van der Waals surface area (Å²) in [6, 6.07) is 17.0. The highest BCUT2D eigenvalue weighted by atomic mass is 32.1. The lowest BCUT2D eigenvalue weighted by atomic mass is 10.2. The Morgan fingerprint density at radius 3 is 2.50 bits per heavy atom. The van der Waals surface area contributed by atoms with Crippen LogP contribution in [0.5, 0.6) is 11.5 Å². The molecular weight excluding hydrogens is 348 g/mol. The van der Waals surface area contributed by atoms with Gasteiger partial charge in [0.05, 0.1) is 12.8 Å². The largest absolute Gasteiger partial charge is 0.497 e. The van der Waals surface area contributed by atoms with Gasteiger partial charge in [-0.25, -0.2) is 4.98 Å². The van der Waals surface area contributed by atoms with Crippen LogP contribution in [0, 0.1) is 0 Å². The number of hydrogen-bond acceptors (Lipinski definition) is 5. The second-order valence-corrected chi connectivity index (χ2v) is 6.44. The van der Waals surface area contributed by atoms with Gasteiger partial charge in [-0.3, -0.25) is 10.1 Å². The highest BCUT2D eigenvalue weighted by Crippen LogP contribution is 2.26. The third kappa shape index (κ3) is 4.40. The molecule has 0 saturated carbocycles. The van der Waals surface area contributed by atoms with Crippen molar-refractivity contribution < 1.29 is 14.3 Å². The summed E-state index contributed by atoms with van der Waals surface area (Å²) in [4.78, 5) is 17.0. The Morgan fingerprint density at radius 1 is 1.12 bits per heavy atom. The highest BCUT2D eigenvalue weighted by Gasteiger charge is 2.19. The molecule has 6 heteroatoms. The number of aromatic nitrogens is 1. The van der Waals surface area contributed by atoms with Gasteiger partial charge in [-0.1, -0.05) is 25.1 Å². The molecule has 3 aromatic rings. The summed E-state index contributed by atoms with van der Waals surface area (Å²) in [6.07, 6.45) is 0.00277. The molecule has 0 fully saturated rings. The first-order valence-corrected chi connectivity index (χ1v) is 9.20. The number of nitrogens with zero attached hydrogens (tertiary/aromatic N) is 1. The molecule has 0 aliphatic rings. The maximum atomic E-state index is 12.5. The first kappa shape index (κ1) is 17.9. The minimum absolute atomic E-state index is 0.202. The van der Waals surface area contributed by atoms with Gasteiger partial charge in [-0.15, -0.1) is 11.3 Å². The number of benzene rings is 2. The van der Waals surface area contributed by atoms with Crippen LogP contribution in [0.4, 0.5) is 5.13 Å². The number of thiazole rings is 1. The molecule has 1 aromatic heterocycles. The number of carbonyl (C=O) groups is 1. The van der Waals surface area contributed by atoms with Crippen LogP contribution >= 0.6 is 11.3 Å². The Hall–Kier alpha value is -2.86. The van der Waals surface area contributed by atoms with Gasteiger partial charge in [0, 0.05) is 10.9 Å². The molecule has 0 bridgehead atoms. The van der Waals surface area contributed by atoms with Crippen LogP contribution in [-0.4, -0.2) is 24.1 Å². The van der Waals surface area contributed by atoms with E-state index in [1.165, 1.54) is 11.3 Å². The molecule has 0 saturated heterocycles. The van der Waals surface area contributed by atoms with Gasteiger partial charge >= 0.3 is 0 Å². The van der Waals surface area contributed by atoms with Crippen LogP contribution in [0.1, 0.15) is 13.3 Å². The van der Waals surface area contributed by atoms with Crippen molar-refractivity contribution >= 4 is 22.4 Å². The van der Waals surface area contributed by atoms with Crippen LogP contribution in [-0.2, 0) is 4.79 Å². The number of methoxy groups -OCH3 is 1. The van der Waals surface area contributed by atoms with Gasteiger partial charge in [0.1, 0.15) is 11.5 Å². The number of hydrogen-bond donors (Lipinski definition) is 1. The Labute approximate surface area is 156 Å². The van der Waals surface area contributed by atoms with E-state index < -0.39 is 6.10 Å². The summed E-state index contributed by atoms with van der Waals surface area (Å²) < 4.78 is 10.9. The van der Waals surface area contributed by atoms with Gasteiger partial charge in [0.15, 0.2) is 11.2 Å². The fourth-order valence-electron chi connectivity index (χ4n) is 2.40. The van der Waals surface area contributed by atoms with E-state index in [1.807, 2.05) is 66.9 Å². The van der Waals surface area contributed by atoms with Crippen molar-refractivity contribution in [1.82, 2.24) is 4.98 Å². The fourth-order valence-corrected chi connectivity index (χ4v) is 3.12. The van der Waals surface area contributed by atoms with Gasteiger partial charge in [0.25, 0.3) is 5.91 Å². The predicted octanol–water partition coefficient (Wildman–Crippen LogP) is 4.61. The zero-order valence-electron chi connectivity index (χ0n) is 14.6. The summed E-state index contributed by atoms with van der Waals surface area (Å²) in [5.74, 6) is 1.26. The van der Waals surface area contributed by atoms with Gasteiger partial charge in [0.2, 0.25) is 0 Å². The Bertz CT molecular complexity index is 847. The van der Waals surface area contributed by atoms with Crippen LogP contribution in [0.25, 0.3) is 11.3 Å². The standard InChI is InChI=1S/C20H20N2O3S/c1-3-18(25-16-7-5-4-6-8-16)19(23)22-20-21-17(13-26-20)14-9-11-15(24-2)12-10-14/h4-13,18H,3H2,1-2H3,(H,21,22,23)/t18-/m1/s1. The molecule has 0 spiro atoms.